The van der Waals surface area contributed by atoms with Crippen LogP contribution in [0, 0.1) is 5.41 Å². The minimum Gasteiger partial charge on any atom is -0.300 e. The van der Waals surface area contributed by atoms with Gasteiger partial charge in [0.2, 0.25) is 0 Å². The summed E-state index contributed by atoms with van der Waals surface area (Å²) < 4.78 is 0. The summed E-state index contributed by atoms with van der Waals surface area (Å²) in [6.07, 6.45) is 5.19. The highest BCUT2D eigenvalue weighted by atomic mass is 16.1. The fourth-order valence-electron chi connectivity index (χ4n) is 1.91. The Bertz CT molecular complexity index is 357. The molecule has 0 saturated heterocycles. The van der Waals surface area contributed by atoms with E-state index in [1.165, 1.54) is 0 Å². The van der Waals surface area contributed by atoms with Gasteiger partial charge in [-0.15, -0.1) is 0 Å². The number of hydrogen-bond donors (Lipinski definition) is 0. The van der Waals surface area contributed by atoms with Crippen LogP contribution in [0.3, 0.4) is 0 Å². The molecule has 0 aromatic rings. The second kappa shape index (κ2) is 4.13. The SMILES string of the molecule is CC(=O)C/C=C1\C(C(C)=O)=CCC1(C)C. The lowest BCUT2D eigenvalue weighted by Gasteiger charge is -2.21. The highest BCUT2D eigenvalue weighted by molar-refractivity contribution is 5.99. The van der Waals surface area contributed by atoms with Crippen molar-refractivity contribution in [3.63, 3.8) is 0 Å². The molecule has 0 radical (unpaired) electrons. The van der Waals surface area contributed by atoms with Crippen molar-refractivity contribution in [3.8, 4) is 0 Å². The van der Waals surface area contributed by atoms with Gasteiger partial charge in [-0.3, -0.25) is 9.59 Å². The first-order chi connectivity index (χ1) is 6.84. The van der Waals surface area contributed by atoms with Crippen LogP contribution in [0.1, 0.15) is 40.5 Å². The van der Waals surface area contributed by atoms with E-state index in [-0.39, 0.29) is 17.0 Å². The Kier molecular flexibility index (Phi) is 3.28. The number of allylic oxidation sites excluding steroid dienone is 4. The van der Waals surface area contributed by atoms with Crippen molar-refractivity contribution in [2.24, 2.45) is 5.41 Å². The van der Waals surface area contributed by atoms with E-state index in [9.17, 15) is 9.59 Å². The molecule has 0 aromatic carbocycles. The summed E-state index contributed by atoms with van der Waals surface area (Å²) in [5, 5.41) is 0. The molecule has 0 aliphatic heterocycles. The zero-order chi connectivity index (χ0) is 11.6. The summed E-state index contributed by atoms with van der Waals surface area (Å²) in [7, 11) is 0. The minimum absolute atomic E-state index is 0.00352. The predicted octanol–water partition coefficient (Wildman–Crippen LogP) is 2.84. The van der Waals surface area contributed by atoms with Crippen LogP contribution in [0.4, 0.5) is 0 Å². The number of carbonyl (C=O) groups is 2. The van der Waals surface area contributed by atoms with Gasteiger partial charge >= 0.3 is 0 Å². The molecule has 2 nitrogen and oxygen atoms in total. The van der Waals surface area contributed by atoms with E-state index < -0.39 is 0 Å². The van der Waals surface area contributed by atoms with Gasteiger partial charge in [0.1, 0.15) is 5.78 Å². The number of carbonyl (C=O) groups excluding carboxylic acids is 2. The van der Waals surface area contributed by atoms with Crippen LogP contribution in [0.5, 0.6) is 0 Å². The Balaban J connectivity index is 2.99. The van der Waals surface area contributed by atoms with Crippen LogP contribution in [-0.2, 0) is 9.59 Å². The third-order valence-corrected chi connectivity index (χ3v) is 2.81. The maximum Gasteiger partial charge on any atom is 0.159 e. The standard InChI is InChI=1S/C13H18O2/c1-9(14)5-6-12-11(10(2)15)7-8-13(12,3)4/h6-7H,5,8H2,1-4H3/b12-6+. The molecule has 0 atom stereocenters. The molecular weight excluding hydrogens is 188 g/mol. The summed E-state index contributed by atoms with van der Waals surface area (Å²) in [6.45, 7) is 7.35. The molecule has 82 valence electrons. The van der Waals surface area contributed by atoms with E-state index in [1.54, 1.807) is 13.8 Å². The van der Waals surface area contributed by atoms with E-state index in [1.807, 2.05) is 12.2 Å². The molecule has 0 bridgehead atoms. The molecule has 0 unspecified atom stereocenters. The molecular formula is C13H18O2. The molecule has 2 heteroatoms. The summed E-state index contributed by atoms with van der Waals surface area (Å²) in [5.41, 5.74) is 1.82. The zero-order valence-electron chi connectivity index (χ0n) is 9.89. The molecule has 0 aromatic heterocycles. The van der Waals surface area contributed by atoms with Crippen LogP contribution in [0.25, 0.3) is 0 Å². The van der Waals surface area contributed by atoms with Crippen LogP contribution < -0.4 is 0 Å². The van der Waals surface area contributed by atoms with Crippen molar-refractivity contribution < 1.29 is 9.59 Å². The normalized spacial score (nSPS) is 21.6. The molecule has 0 N–H and O–H groups in total. The highest BCUT2D eigenvalue weighted by Crippen LogP contribution is 2.42. The molecule has 1 aliphatic rings. The van der Waals surface area contributed by atoms with Crippen molar-refractivity contribution in [3.05, 3.63) is 23.3 Å². The third kappa shape index (κ3) is 2.65. The lowest BCUT2D eigenvalue weighted by Crippen LogP contribution is -2.12. The third-order valence-electron chi connectivity index (χ3n) is 2.81. The van der Waals surface area contributed by atoms with Gasteiger partial charge in [-0.05, 0) is 31.3 Å². The lowest BCUT2D eigenvalue weighted by molar-refractivity contribution is -0.116. The van der Waals surface area contributed by atoms with E-state index in [0.717, 1.165) is 17.6 Å². The van der Waals surface area contributed by atoms with Gasteiger partial charge in [-0.25, -0.2) is 0 Å². The van der Waals surface area contributed by atoms with Crippen LogP contribution in [-0.4, -0.2) is 11.6 Å². The van der Waals surface area contributed by atoms with Crippen molar-refractivity contribution >= 4 is 11.6 Å². The minimum atomic E-state index is -0.00352. The van der Waals surface area contributed by atoms with Crippen LogP contribution in [0.2, 0.25) is 0 Å². The predicted molar refractivity (Wildman–Crippen MR) is 60.5 cm³/mol. The van der Waals surface area contributed by atoms with Gasteiger partial charge in [-0.2, -0.15) is 0 Å². The Morgan fingerprint density at radius 2 is 2.00 bits per heavy atom. The van der Waals surface area contributed by atoms with E-state index in [2.05, 4.69) is 13.8 Å². The largest absolute Gasteiger partial charge is 0.300 e. The second-order valence-electron chi connectivity index (χ2n) is 4.79. The first-order valence-corrected chi connectivity index (χ1v) is 5.26. The molecule has 0 saturated carbocycles. The Morgan fingerprint density at radius 1 is 1.40 bits per heavy atom. The quantitative estimate of drug-likeness (QED) is 0.711. The number of Topliss-reactive ketones (excluding diaryl/α,β-unsaturated/α-hetero) is 2. The Hall–Kier alpha value is -1.18. The van der Waals surface area contributed by atoms with Gasteiger partial charge in [0.25, 0.3) is 0 Å². The van der Waals surface area contributed by atoms with Crippen molar-refractivity contribution in [1.82, 2.24) is 0 Å². The molecule has 1 aliphatic carbocycles. The van der Waals surface area contributed by atoms with Crippen molar-refractivity contribution in [2.75, 3.05) is 0 Å². The van der Waals surface area contributed by atoms with Gasteiger partial charge < -0.3 is 0 Å². The van der Waals surface area contributed by atoms with Crippen molar-refractivity contribution in [2.45, 2.75) is 40.5 Å². The molecule has 0 spiro atoms. The van der Waals surface area contributed by atoms with Crippen molar-refractivity contribution in [1.29, 1.82) is 0 Å². The topological polar surface area (TPSA) is 34.1 Å². The second-order valence-corrected chi connectivity index (χ2v) is 4.79. The maximum atomic E-state index is 11.4. The monoisotopic (exact) mass is 206 g/mol. The number of hydrogen-bond acceptors (Lipinski definition) is 2. The maximum absolute atomic E-state index is 11.4. The van der Waals surface area contributed by atoms with E-state index in [0.29, 0.717) is 6.42 Å². The summed E-state index contributed by atoms with van der Waals surface area (Å²) >= 11 is 0. The lowest BCUT2D eigenvalue weighted by atomic mass is 9.82. The van der Waals surface area contributed by atoms with Crippen LogP contribution >= 0.6 is 0 Å². The Morgan fingerprint density at radius 3 is 2.47 bits per heavy atom. The van der Waals surface area contributed by atoms with Crippen LogP contribution in [0.15, 0.2) is 23.3 Å². The molecule has 0 heterocycles. The summed E-state index contributed by atoms with van der Waals surface area (Å²) in [4.78, 5) is 22.3. The summed E-state index contributed by atoms with van der Waals surface area (Å²) in [5.74, 6) is 0.225. The Labute approximate surface area is 91.1 Å². The van der Waals surface area contributed by atoms with E-state index in [4.69, 9.17) is 0 Å². The molecule has 0 fully saturated rings. The molecule has 1 rings (SSSR count). The number of ketones is 2. The smallest absolute Gasteiger partial charge is 0.159 e. The molecule has 15 heavy (non-hydrogen) atoms. The van der Waals surface area contributed by atoms with Gasteiger partial charge in [0.15, 0.2) is 5.78 Å². The molecule has 0 amide bonds. The average Bonchev–Trinajstić information content (AvgIpc) is 2.37. The van der Waals surface area contributed by atoms with Gasteiger partial charge in [0, 0.05) is 12.0 Å². The van der Waals surface area contributed by atoms with Gasteiger partial charge in [0.05, 0.1) is 0 Å². The van der Waals surface area contributed by atoms with Gasteiger partial charge in [-0.1, -0.05) is 26.0 Å². The average molecular weight is 206 g/mol. The first kappa shape index (κ1) is 11.9. The fraction of sp³-hybridized carbons (Fsp3) is 0.538. The zero-order valence-corrected chi connectivity index (χ0v) is 9.89. The first-order valence-electron chi connectivity index (χ1n) is 5.26. The number of rotatable bonds is 3. The van der Waals surface area contributed by atoms with E-state index >= 15 is 0 Å². The summed E-state index contributed by atoms with van der Waals surface area (Å²) in [6, 6.07) is 0. The fourth-order valence-corrected chi connectivity index (χ4v) is 1.91. The highest BCUT2D eigenvalue weighted by Gasteiger charge is 2.31.